The molecule has 1 aliphatic heterocycles. The van der Waals surface area contributed by atoms with Crippen LogP contribution in [0.1, 0.15) is 30.1 Å². The van der Waals surface area contributed by atoms with E-state index in [0.29, 0.717) is 43.2 Å². The number of alkyl halides is 3. The summed E-state index contributed by atoms with van der Waals surface area (Å²) in [7, 11) is 0. The Morgan fingerprint density at radius 2 is 1.88 bits per heavy atom. The van der Waals surface area contributed by atoms with Crippen molar-refractivity contribution >= 4 is 11.6 Å². The Morgan fingerprint density at radius 1 is 1.06 bits per heavy atom. The van der Waals surface area contributed by atoms with E-state index >= 15 is 0 Å². The Morgan fingerprint density at radius 3 is 2.67 bits per heavy atom. The van der Waals surface area contributed by atoms with Gasteiger partial charge in [0.2, 0.25) is 11.7 Å². The number of likely N-dealkylation sites (tertiary alicyclic amines) is 1. The van der Waals surface area contributed by atoms with Crippen LogP contribution >= 0.6 is 0 Å². The fourth-order valence-corrected chi connectivity index (χ4v) is 4.00. The topological polar surface area (TPSA) is 94.1 Å². The van der Waals surface area contributed by atoms with Gasteiger partial charge in [0, 0.05) is 30.8 Å². The van der Waals surface area contributed by atoms with Crippen LogP contribution < -0.4 is 0 Å². The van der Waals surface area contributed by atoms with Crippen LogP contribution in [0.3, 0.4) is 0 Å². The second kappa shape index (κ2) is 8.26. The smallest absolute Gasteiger partial charge is 0.340 e. The van der Waals surface area contributed by atoms with E-state index in [0.717, 1.165) is 17.8 Å². The first-order valence-corrected chi connectivity index (χ1v) is 10.4. The summed E-state index contributed by atoms with van der Waals surface area (Å²) in [5.74, 6) is 0.417. The predicted octanol–water partition coefficient (Wildman–Crippen LogP) is 2.81. The maximum atomic E-state index is 13.2. The van der Waals surface area contributed by atoms with E-state index in [4.69, 9.17) is 0 Å². The van der Waals surface area contributed by atoms with E-state index in [1.807, 2.05) is 30.3 Å². The van der Waals surface area contributed by atoms with Gasteiger partial charge < -0.3 is 4.90 Å². The van der Waals surface area contributed by atoms with E-state index in [2.05, 4.69) is 25.6 Å². The number of carbonyl (C=O) groups is 1. The fourth-order valence-electron chi connectivity index (χ4n) is 4.00. The Bertz CT molecular complexity index is 1280. The Kier molecular flexibility index (Phi) is 5.27. The number of amides is 1. The van der Waals surface area contributed by atoms with Crippen LogP contribution in [0, 0.1) is 0 Å². The molecule has 3 aromatic heterocycles. The van der Waals surface area contributed by atoms with Gasteiger partial charge in [0.05, 0.1) is 5.56 Å². The predicted molar refractivity (Wildman–Crippen MR) is 110 cm³/mol. The molecule has 33 heavy (non-hydrogen) atoms. The van der Waals surface area contributed by atoms with E-state index in [1.54, 1.807) is 4.90 Å². The molecule has 1 amide bonds. The molecule has 4 aromatic rings. The van der Waals surface area contributed by atoms with Crippen molar-refractivity contribution in [2.45, 2.75) is 31.5 Å². The molecule has 0 bridgehead atoms. The number of fused-ring (bicyclic) bond motifs is 1. The van der Waals surface area contributed by atoms with Gasteiger partial charge in [0.15, 0.2) is 5.65 Å². The molecule has 4 heterocycles. The van der Waals surface area contributed by atoms with Crippen molar-refractivity contribution in [3.05, 3.63) is 60.0 Å². The van der Waals surface area contributed by atoms with E-state index in [1.165, 1.54) is 15.3 Å². The first-order chi connectivity index (χ1) is 15.9. The van der Waals surface area contributed by atoms with Crippen LogP contribution in [0.4, 0.5) is 13.2 Å². The summed E-state index contributed by atoms with van der Waals surface area (Å²) in [5, 5.41) is 20.4. The van der Waals surface area contributed by atoms with Crippen molar-refractivity contribution < 1.29 is 18.0 Å². The number of hydrogen-bond donors (Lipinski definition) is 0. The molecule has 12 heteroatoms. The number of halogens is 3. The molecule has 1 aliphatic rings. The first-order valence-electron chi connectivity index (χ1n) is 10.4. The molecule has 0 spiro atoms. The highest BCUT2D eigenvalue weighted by molar-refractivity contribution is 5.76. The molecule has 1 fully saturated rings. The highest BCUT2D eigenvalue weighted by atomic mass is 19.4. The summed E-state index contributed by atoms with van der Waals surface area (Å²) >= 11 is 0. The minimum absolute atomic E-state index is 0.0780. The minimum Gasteiger partial charge on any atom is -0.340 e. The molecular formula is C21H19F3N8O. The van der Waals surface area contributed by atoms with Gasteiger partial charge in [-0.2, -0.15) is 18.0 Å². The fraction of sp³-hybridized carbons (Fsp3) is 0.333. The molecule has 1 saturated heterocycles. The van der Waals surface area contributed by atoms with Crippen molar-refractivity contribution in [2.75, 3.05) is 13.1 Å². The molecule has 9 nitrogen and oxygen atoms in total. The number of benzene rings is 1. The van der Waals surface area contributed by atoms with Crippen LogP contribution in [-0.4, -0.2) is 58.7 Å². The Balaban J connectivity index is 1.31. The lowest BCUT2D eigenvalue weighted by Crippen LogP contribution is -2.41. The average molecular weight is 456 g/mol. The standard InChI is InChI=1S/C21H19F3N8O/c22-21(23,24)16-8-9-17-25-27-20(31(17)12-16)15-7-4-10-30(11-15)18(33)13-32-28-19(26-29-32)14-5-2-1-3-6-14/h1-3,5-6,8-9,12,15H,4,7,10-11,13H2. The molecule has 1 atom stereocenters. The van der Waals surface area contributed by atoms with Gasteiger partial charge in [-0.15, -0.1) is 20.4 Å². The van der Waals surface area contributed by atoms with Gasteiger partial charge in [0.25, 0.3) is 0 Å². The van der Waals surface area contributed by atoms with Gasteiger partial charge in [-0.3, -0.25) is 9.20 Å². The quantitative estimate of drug-likeness (QED) is 0.469. The number of rotatable bonds is 4. The lowest BCUT2D eigenvalue weighted by Gasteiger charge is -2.31. The lowest BCUT2D eigenvalue weighted by molar-refractivity contribution is -0.138. The summed E-state index contributed by atoms with van der Waals surface area (Å²) in [6, 6.07) is 11.6. The third kappa shape index (κ3) is 4.28. The SMILES string of the molecule is O=C(Cn1nnc(-c2ccccc2)n1)N1CCCC(c2nnc3ccc(C(F)(F)F)cn23)C1. The van der Waals surface area contributed by atoms with Gasteiger partial charge >= 0.3 is 6.18 Å². The molecule has 0 radical (unpaired) electrons. The third-order valence-corrected chi connectivity index (χ3v) is 5.66. The van der Waals surface area contributed by atoms with Crippen molar-refractivity contribution in [3.8, 4) is 11.4 Å². The number of hydrogen-bond acceptors (Lipinski definition) is 6. The zero-order chi connectivity index (χ0) is 23.0. The van der Waals surface area contributed by atoms with Crippen molar-refractivity contribution in [1.82, 2.24) is 39.7 Å². The van der Waals surface area contributed by atoms with Crippen LogP contribution in [0.5, 0.6) is 0 Å². The molecular weight excluding hydrogens is 437 g/mol. The summed E-state index contributed by atoms with van der Waals surface area (Å²) < 4.78 is 40.8. The number of aromatic nitrogens is 7. The largest absolute Gasteiger partial charge is 0.417 e. The maximum absolute atomic E-state index is 13.2. The van der Waals surface area contributed by atoms with Gasteiger partial charge in [-0.05, 0) is 30.2 Å². The highest BCUT2D eigenvalue weighted by Gasteiger charge is 2.33. The maximum Gasteiger partial charge on any atom is 0.417 e. The van der Waals surface area contributed by atoms with Crippen molar-refractivity contribution in [2.24, 2.45) is 0 Å². The monoisotopic (exact) mass is 456 g/mol. The van der Waals surface area contributed by atoms with Crippen molar-refractivity contribution in [1.29, 1.82) is 0 Å². The number of pyridine rings is 1. The molecule has 0 aliphatic carbocycles. The van der Waals surface area contributed by atoms with E-state index in [9.17, 15) is 18.0 Å². The van der Waals surface area contributed by atoms with Gasteiger partial charge in [-0.25, -0.2) is 0 Å². The van der Waals surface area contributed by atoms with Crippen molar-refractivity contribution in [3.63, 3.8) is 0 Å². The van der Waals surface area contributed by atoms with Gasteiger partial charge in [-0.1, -0.05) is 30.3 Å². The van der Waals surface area contributed by atoms with Crippen LogP contribution in [0.15, 0.2) is 48.7 Å². The second-order valence-corrected chi connectivity index (χ2v) is 7.89. The third-order valence-electron chi connectivity index (χ3n) is 5.66. The highest BCUT2D eigenvalue weighted by Crippen LogP contribution is 2.31. The second-order valence-electron chi connectivity index (χ2n) is 7.89. The summed E-state index contributed by atoms with van der Waals surface area (Å²) in [6.07, 6.45) is -2.06. The van der Waals surface area contributed by atoms with Crippen LogP contribution in [0.25, 0.3) is 17.0 Å². The zero-order valence-corrected chi connectivity index (χ0v) is 17.4. The molecule has 1 unspecified atom stereocenters. The van der Waals surface area contributed by atoms with Gasteiger partial charge in [0.1, 0.15) is 12.4 Å². The van der Waals surface area contributed by atoms with E-state index < -0.39 is 11.7 Å². The molecule has 1 aromatic carbocycles. The van der Waals surface area contributed by atoms with E-state index in [-0.39, 0.29) is 18.4 Å². The minimum atomic E-state index is -4.46. The number of tetrazole rings is 1. The van der Waals surface area contributed by atoms with Crippen LogP contribution in [-0.2, 0) is 17.5 Å². The molecule has 5 rings (SSSR count). The normalized spacial score (nSPS) is 16.9. The molecule has 170 valence electrons. The Hall–Kier alpha value is -3.83. The summed E-state index contributed by atoms with van der Waals surface area (Å²) in [4.78, 5) is 15.8. The average Bonchev–Trinajstić information content (AvgIpc) is 3.46. The Labute approximate surface area is 185 Å². The lowest BCUT2D eigenvalue weighted by atomic mass is 9.97. The zero-order valence-electron chi connectivity index (χ0n) is 17.4. The molecule has 0 N–H and O–H groups in total. The summed E-state index contributed by atoms with van der Waals surface area (Å²) in [6.45, 7) is 0.793. The molecule has 0 saturated carbocycles. The van der Waals surface area contributed by atoms with Crippen LogP contribution in [0.2, 0.25) is 0 Å². The first kappa shape index (κ1) is 21.0. The number of piperidine rings is 1. The summed E-state index contributed by atoms with van der Waals surface area (Å²) in [5.41, 5.74) is 0.360. The number of nitrogens with zero attached hydrogens (tertiary/aromatic N) is 8. The number of carbonyl (C=O) groups excluding carboxylic acids is 1.